The van der Waals surface area contributed by atoms with Gasteiger partial charge in [-0.15, -0.1) is 0 Å². The van der Waals surface area contributed by atoms with E-state index in [4.69, 9.17) is 10.2 Å². The van der Waals surface area contributed by atoms with Crippen LogP contribution in [0.15, 0.2) is 0 Å². The normalized spacial score (nSPS) is 25.5. The minimum absolute atomic E-state index is 0.0359. The van der Waals surface area contributed by atoms with Crippen molar-refractivity contribution in [2.75, 3.05) is 0 Å². The first kappa shape index (κ1) is 10.0. The quantitative estimate of drug-likeness (QED) is 0.585. The van der Waals surface area contributed by atoms with E-state index in [1.807, 2.05) is 0 Å². The van der Waals surface area contributed by atoms with Crippen molar-refractivity contribution in [1.29, 1.82) is 0 Å². The number of aliphatic hydroxyl groups is 2. The van der Waals surface area contributed by atoms with E-state index in [0.717, 1.165) is 25.7 Å². The lowest BCUT2D eigenvalue weighted by atomic mass is 9.97. The lowest BCUT2D eigenvalue weighted by Gasteiger charge is -2.17. The predicted molar refractivity (Wildman–Crippen MR) is 48.9 cm³/mol. The van der Waals surface area contributed by atoms with E-state index in [9.17, 15) is 0 Å². The molecule has 2 aliphatic rings. The van der Waals surface area contributed by atoms with Gasteiger partial charge in [-0.1, -0.05) is 19.3 Å². The Hall–Kier alpha value is -0.0800. The number of hydrogen-bond acceptors (Lipinski definition) is 2. The highest BCUT2D eigenvalue weighted by Gasteiger charge is 2.11. The molecular formula is C10H20O2. The molecule has 12 heavy (non-hydrogen) atoms. The van der Waals surface area contributed by atoms with Crippen LogP contribution in [-0.4, -0.2) is 22.4 Å². The summed E-state index contributed by atoms with van der Waals surface area (Å²) in [5.74, 6) is 0. The molecule has 2 N–H and O–H groups in total. The van der Waals surface area contributed by atoms with Gasteiger partial charge in [0.05, 0.1) is 12.2 Å². The number of hydrogen-bond donors (Lipinski definition) is 2. The number of aliphatic hydroxyl groups excluding tert-OH is 2. The van der Waals surface area contributed by atoms with Crippen LogP contribution < -0.4 is 0 Å². The molecule has 0 spiro atoms. The first-order valence-corrected chi connectivity index (χ1v) is 5.15. The van der Waals surface area contributed by atoms with Crippen LogP contribution in [0.1, 0.15) is 51.4 Å². The third-order valence-electron chi connectivity index (χ3n) is 2.65. The Morgan fingerprint density at radius 3 is 1.17 bits per heavy atom. The van der Waals surface area contributed by atoms with E-state index < -0.39 is 0 Å². The smallest absolute Gasteiger partial charge is 0.0540 e. The first-order valence-electron chi connectivity index (χ1n) is 5.15. The Kier molecular flexibility index (Phi) is 4.62. The maximum atomic E-state index is 8.91. The van der Waals surface area contributed by atoms with Gasteiger partial charge in [-0.3, -0.25) is 0 Å². The van der Waals surface area contributed by atoms with Crippen LogP contribution in [0.3, 0.4) is 0 Å². The lowest BCUT2D eigenvalue weighted by molar-refractivity contribution is 0.0950. The maximum absolute atomic E-state index is 8.91. The largest absolute Gasteiger partial charge is 0.393 e. The molecule has 0 unspecified atom stereocenters. The number of rotatable bonds is 0. The van der Waals surface area contributed by atoms with Crippen molar-refractivity contribution in [2.24, 2.45) is 0 Å². The van der Waals surface area contributed by atoms with Gasteiger partial charge in [0.25, 0.3) is 0 Å². The summed E-state index contributed by atoms with van der Waals surface area (Å²) in [5, 5.41) is 17.4. The lowest BCUT2D eigenvalue weighted by Crippen LogP contribution is -2.15. The summed E-state index contributed by atoms with van der Waals surface area (Å²) >= 11 is 0. The molecule has 0 aliphatic heterocycles. The van der Waals surface area contributed by atoms with Gasteiger partial charge < -0.3 is 10.2 Å². The van der Waals surface area contributed by atoms with Crippen LogP contribution in [0.4, 0.5) is 0 Å². The zero-order chi connectivity index (χ0) is 8.81. The second-order valence-corrected chi connectivity index (χ2v) is 3.88. The van der Waals surface area contributed by atoms with E-state index in [2.05, 4.69) is 0 Å². The summed E-state index contributed by atoms with van der Waals surface area (Å²) < 4.78 is 0. The summed E-state index contributed by atoms with van der Waals surface area (Å²) in [6.07, 6.45) is 9.31. The van der Waals surface area contributed by atoms with Crippen molar-refractivity contribution in [3.05, 3.63) is 0 Å². The summed E-state index contributed by atoms with van der Waals surface area (Å²) in [4.78, 5) is 0. The predicted octanol–water partition coefficient (Wildman–Crippen LogP) is 1.84. The maximum Gasteiger partial charge on any atom is 0.0540 e. The second-order valence-electron chi connectivity index (χ2n) is 3.88. The van der Waals surface area contributed by atoms with Crippen molar-refractivity contribution in [2.45, 2.75) is 63.6 Å². The fourth-order valence-electron chi connectivity index (χ4n) is 1.47. The van der Waals surface area contributed by atoms with Crippen molar-refractivity contribution < 1.29 is 10.2 Å². The van der Waals surface area contributed by atoms with Crippen LogP contribution in [0.25, 0.3) is 0 Å². The van der Waals surface area contributed by atoms with E-state index in [1.54, 1.807) is 0 Å². The Labute approximate surface area is 74.6 Å². The molecule has 2 nitrogen and oxygen atoms in total. The van der Waals surface area contributed by atoms with Gasteiger partial charge in [0.1, 0.15) is 0 Å². The monoisotopic (exact) mass is 172 g/mol. The Balaban J connectivity index is 0.000000127. The van der Waals surface area contributed by atoms with Crippen molar-refractivity contribution >= 4 is 0 Å². The zero-order valence-corrected chi connectivity index (χ0v) is 7.71. The van der Waals surface area contributed by atoms with Crippen LogP contribution >= 0.6 is 0 Å². The van der Waals surface area contributed by atoms with Crippen molar-refractivity contribution in [3.8, 4) is 0 Å². The summed E-state index contributed by atoms with van der Waals surface area (Å²) in [6, 6.07) is 0. The van der Waals surface area contributed by atoms with Gasteiger partial charge in [0.15, 0.2) is 0 Å². The second kappa shape index (κ2) is 5.55. The molecule has 0 atom stereocenters. The van der Waals surface area contributed by atoms with Crippen LogP contribution in [0.5, 0.6) is 0 Å². The van der Waals surface area contributed by atoms with Gasteiger partial charge in [-0.2, -0.15) is 0 Å². The van der Waals surface area contributed by atoms with Gasteiger partial charge in [-0.05, 0) is 32.1 Å². The van der Waals surface area contributed by atoms with Crippen molar-refractivity contribution in [1.82, 2.24) is 0 Å². The fraction of sp³-hybridized carbons (Fsp3) is 1.00. The third kappa shape index (κ3) is 4.07. The molecule has 0 heterocycles. The minimum Gasteiger partial charge on any atom is -0.393 e. The average molecular weight is 172 g/mol. The molecular weight excluding hydrogens is 152 g/mol. The van der Waals surface area contributed by atoms with Crippen LogP contribution in [0, 0.1) is 0 Å². The zero-order valence-electron chi connectivity index (χ0n) is 7.71. The van der Waals surface area contributed by atoms with E-state index in [1.165, 1.54) is 25.7 Å². The molecule has 0 aromatic heterocycles. The molecule has 0 saturated heterocycles. The summed E-state index contributed by atoms with van der Waals surface area (Å²) in [5.41, 5.74) is 0. The fourth-order valence-corrected chi connectivity index (χ4v) is 1.47. The third-order valence-corrected chi connectivity index (χ3v) is 2.65. The van der Waals surface area contributed by atoms with E-state index in [0.29, 0.717) is 0 Å². The Bertz CT molecular complexity index is 104. The molecule has 2 saturated carbocycles. The molecule has 2 rings (SSSR count). The van der Waals surface area contributed by atoms with E-state index in [-0.39, 0.29) is 12.2 Å². The van der Waals surface area contributed by atoms with Crippen molar-refractivity contribution in [3.63, 3.8) is 0 Å². The van der Waals surface area contributed by atoms with Gasteiger partial charge >= 0.3 is 0 Å². The highest BCUT2D eigenvalue weighted by atomic mass is 16.3. The van der Waals surface area contributed by atoms with Gasteiger partial charge in [-0.25, -0.2) is 0 Å². The molecule has 2 aliphatic carbocycles. The molecule has 0 radical (unpaired) electrons. The molecule has 2 fully saturated rings. The summed E-state index contributed by atoms with van der Waals surface area (Å²) in [7, 11) is 0. The molecule has 72 valence electrons. The average Bonchev–Trinajstić information content (AvgIpc) is 2.04. The molecule has 0 bridgehead atoms. The van der Waals surface area contributed by atoms with Gasteiger partial charge in [0, 0.05) is 0 Å². The molecule has 0 aromatic rings. The minimum atomic E-state index is 0.0359. The Morgan fingerprint density at radius 2 is 1.00 bits per heavy atom. The molecule has 2 heteroatoms. The standard InChI is InChI=1S/C6H12O.C4H8O/c7-6-4-2-1-3-5-6;5-4-2-1-3-4/h6-7H,1-5H2;4-5H,1-3H2. The molecule has 0 amide bonds. The topological polar surface area (TPSA) is 40.5 Å². The highest BCUT2D eigenvalue weighted by molar-refractivity contribution is 4.65. The SMILES string of the molecule is OC1CCC1.OC1CCCCC1. The first-order chi connectivity index (χ1) is 5.79. The van der Waals surface area contributed by atoms with Crippen LogP contribution in [0.2, 0.25) is 0 Å². The summed E-state index contributed by atoms with van der Waals surface area (Å²) in [6.45, 7) is 0. The molecule has 0 aromatic carbocycles. The highest BCUT2D eigenvalue weighted by Crippen LogP contribution is 2.17. The Morgan fingerprint density at radius 1 is 0.583 bits per heavy atom. The van der Waals surface area contributed by atoms with Gasteiger partial charge in [0.2, 0.25) is 0 Å². The van der Waals surface area contributed by atoms with Crippen LogP contribution in [-0.2, 0) is 0 Å². The van der Waals surface area contributed by atoms with E-state index >= 15 is 0 Å².